The van der Waals surface area contributed by atoms with Crippen molar-refractivity contribution in [3.8, 4) is 0 Å². The summed E-state index contributed by atoms with van der Waals surface area (Å²) in [4.78, 5) is 11.8. The molecule has 0 saturated heterocycles. The van der Waals surface area contributed by atoms with Gasteiger partial charge in [-0.25, -0.2) is 0 Å². The number of hydrogen-bond donors (Lipinski definition) is 2. The molecule has 1 aliphatic carbocycles. The number of benzene rings is 1. The van der Waals surface area contributed by atoms with Gasteiger partial charge in [-0.05, 0) is 29.0 Å². The second kappa shape index (κ2) is 7.09. The minimum atomic E-state index is 0. The van der Waals surface area contributed by atoms with Gasteiger partial charge in [-0.1, -0.05) is 37.5 Å². The molecule has 1 amide bonds. The van der Waals surface area contributed by atoms with Gasteiger partial charge in [0.25, 0.3) is 0 Å². The second-order valence-corrected chi connectivity index (χ2v) is 5.82. The van der Waals surface area contributed by atoms with Crippen LogP contribution in [0.3, 0.4) is 0 Å². The Kier molecular flexibility index (Phi) is 5.44. The molecule has 20 heavy (non-hydrogen) atoms. The molecule has 1 aromatic carbocycles. The van der Waals surface area contributed by atoms with Gasteiger partial charge in [0, 0.05) is 26.1 Å². The number of nitrogens with one attached hydrogen (secondary N) is 2. The fraction of sp³-hybridized carbons (Fsp3) is 0.562. The third-order valence-corrected chi connectivity index (χ3v) is 4.40. The second-order valence-electron chi connectivity index (χ2n) is 5.82. The number of carbonyl (C=O) groups is 1. The number of halogens is 1. The predicted octanol–water partition coefficient (Wildman–Crippen LogP) is 2.91. The molecule has 2 N–H and O–H groups in total. The molecule has 0 unspecified atom stereocenters. The molecular weight excluding hydrogens is 272 g/mol. The Bertz CT molecular complexity index is 472. The van der Waals surface area contributed by atoms with Crippen molar-refractivity contribution in [2.75, 3.05) is 0 Å². The first-order valence-electron chi connectivity index (χ1n) is 7.39. The first kappa shape index (κ1) is 15.3. The highest BCUT2D eigenvalue weighted by Gasteiger charge is 2.18. The Labute approximate surface area is 126 Å². The van der Waals surface area contributed by atoms with Crippen LogP contribution in [0.1, 0.15) is 48.8 Å². The Balaban J connectivity index is 0.00000147. The van der Waals surface area contributed by atoms with E-state index in [4.69, 9.17) is 0 Å². The monoisotopic (exact) mass is 294 g/mol. The molecule has 4 heteroatoms. The number of fused-ring (bicyclic) bond motifs is 1. The minimum absolute atomic E-state index is 0. The average molecular weight is 295 g/mol. The van der Waals surface area contributed by atoms with Crippen LogP contribution in [0, 0.1) is 5.92 Å². The maximum absolute atomic E-state index is 11.8. The summed E-state index contributed by atoms with van der Waals surface area (Å²) >= 11 is 0. The molecule has 0 radical (unpaired) electrons. The van der Waals surface area contributed by atoms with Crippen LogP contribution in [0.5, 0.6) is 0 Å². The first-order valence-corrected chi connectivity index (χ1v) is 7.39. The minimum Gasteiger partial charge on any atom is -0.352 e. The summed E-state index contributed by atoms with van der Waals surface area (Å²) in [5, 5.41) is 6.37. The predicted molar refractivity (Wildman–Crippen MR) is 82.7 cm³/mol. The molecule has 110 valence electrons. The molecule has 2 aliphatic rings. The number of amides is 1. The fourth-order valence-electron chi connectivity index (χ4n) is 2.86. The first-order chi connectivity index (χ1) is 9.31. The van der Waals surface area contributed by atoms with Gasteiger partial charge in [-0.2, -0.15) is 0 Å². The zero-order chi connectivity index (χ0) is 13.1. The normalized spacial score (nSPS) is 17.0. The van der Waals surface area contributed by atoms with E-state index in [1.807, 2.05) is 0 Å². The maximum atomic E-state index is 11.8. The van der Waals surface area contributed by atoms with E-state index in [2.05, 4.69) is 28.8 Å². The van der Waals surface area contributed by atoms with Crippen LogP contribution < -0.4 is 10.6 Å². The van der Waals surface area contributed by atoms with Crippen LogP contribution >= 0.6 is 12.4 Å². The largest absolute Gasteiger partial charge is 0.352 e. The lowest BCUT2D eigenvalue weighted by Gasteiger charge is -2.24. The van der Waals surface area contributed by atoms with Gasteiger partial charge in [-0.3, -0.25) is 4.79 Å². The van der Waals surface area contributed by atoms with E-state index < -0.39 is 0 Å². The third-order valence-electron chi connectivity index (χ3n) is 4.40. The van der Waals surface area contributed by atoms with E-state index in [-0.39, 0.29) is 18.3 Å². The van der Waals surface area contributed by atoms with E-state index in [1.165, 1.54) is 36.0 Å². The Morgan fingerprint density at radius 3 is 2.80 bits per heavy atom. The highest BCUT2D eigenvalue weighted by Crippen LogP contribution is 2.30. The summed E-state index contributed by atoms with van der Waals surface area (Å²) in [7, 11) is 0. The molecule has 0 bridgehead atoms. The van der Waals surface area contributed by atoms with Crippen molar-refractivity contribution in [2.24, 2.45) is 5.92 Å². The van der Waals surface area contributed by atoms with Crippen molar-refractivity contribution in [1.29, 1.82) is 0 Å². The van der Waals surface area contributed by atoms with Crippen LogP contribution in [0.4, 0.5) is 0 Å². The van der Waals surface area contributed by atoms with Crippen LogP contribution in [-0.2, 0) is 24.4 Å². The smallest absolute Gasteiger partial charge is 0.220 e. The zero-order valence-corrected chi connectivity index (χ0v) is 12.6. The summed E-state index contributed by atoms with van der Waals surface area (Å²) in [6, 6.07) is 6.50. The number of rotatable bonds is 5. The van der Waals surface area contributed by atoms with E-state index in [0.29, 0.717) is 13.0 Å². The van der Waals surface area contributed by atoms with E-state index >= 15 is 0 Å². The topological polar surface area (TPSA) is 41.1 Å². The van der Waals surface area contributed by atoms with Crippen LogP contribution in [-0.4, -0.2) is 5.91 Å². The summed E-state index contributed by atoms with van der Waals surface area (Å²) in [5.41, 5.74) is 3.97. The molecule has 0 aromatic heterocycles. The van der Waals surface area contributed by atoms with Gasteiger partial charge in [0.1, 0.15) is 0 Å². The Morgan fingerprint density at radius 2 is 2.05 bits per heavy atom. The van der Waals surface area contributed by atoms with Crippen LogP contribution in [0.25, 0.3) is 0 Å². The molecule has 0 atom stereocenters. The highest BCUT2D eigenvalue weighted by atomic mass is 35.5. The van der Waals surface area contributed by atoms with Gasteiger partial charge < -0.3 is 10.6 Å². The van der Waals surface area contributed by atoms with Gasteiger partial charge in [0.15, 0.2) is 0 Å². The zero-order valence-electron chi connectivity index (χ0n) is 11.8. The van der Waals surface area contributed by atoms with Gasteiger partial charge in [0.05, 0.1) is 0 Å². The Hall–Kier alpha value is -1.06. The molecule has 0 spiro atoms. The van der Waals surface area contributed by atoms with E-state index in [1.54, 1.807) is 0 Å². The molecule has 1 aromatic rings. The number of hydrogen-bond acceptors (Lipinski definition) is 2. The molecule has 1 fully saturated rings. The molecule has 1 heterocycles. The van der Waals surface area contributed by atoms with Crippen molar-refractivity contribution in [3.05, 3.63) is 34.9 Å². The van der Waals surface area contributed by atoms with E-state index in [0.717, 1.165) is 25.4 Å². The van der Waals surface area contributed by atoms with Gasteiger partial charge in [-0.15, -0.1) is 12.4 Å². The summed E-state index contributed by atoms with van der Waals surface area (Å²) in [5.74, 6) is 1.02. The Morgan fingerprint density at radius 1 is 1.25 bits per heavy atom. The van der Waals surface area contributed by atoms with Crippen LogP contribution in [0.15, 0.2) is 18.2 Å². The summed E-state index contributed by atoms with van der Waals surface area (Å²) in [6.45, 7) is 2.60. The standard InChI is InChI=1S/C16H22N2O.ClH/c19-16(7-5-12-2-1-3-12)18-9-13-4-6-14-10-17-11-15(14)8-13;/h4,6,8,12,17H,1-3,5,7,9-11H2,(H,18,19);1H. The molecular formula is C16H23ClN2O. The lowest BCUT2D eigenvalue weighted by molar-refractivity contribution is -0.121. The molecule has 3 nitrogen and oxygen atoms in total. The van der Waals surface area contributed by atoms with E-state index in [9.17, 15) is 4.79 Å². The molecule has 3 rings (SSSR count). The third kappa shape index (κ3) is 3.74. The molecule has 1 aliphatic heterocycles. The van der Waals surface area contributed by atoms with Gasteiger partial charge in [0.2, 0.25) is 5.91 Å². The fourth-order valence-corrected chi connectivity index (χ4v) is 2.86. The maximum Gasteiger partial charge on any atom is 0.220 e. The van der Waals surface area contributed by atoms with Crippen molar-refractivity contribution in [1.82, 2.24) is 10.6 Å². The van der Waals surface area contributed by atoms with Crippen molar-refractivity contribution in [3.63, 3.8) is 0 Å². The lowest BCUT2D eigenvalue weighted by Crippen LogP contribution is -2.24. The average Bonchev–Trinajstić information content (AvgIpc) is 2.81. The van der Waals surface area contributed by atoms with Crippen molar-refractivity contribution >= 4 is 18.3 Å². The van der Waals surface area contributed by atoms with Crippen LogP contribution in [0.2, 0.25) is 0 Å². The summed E-state index contributed by atoms with van der Waals surface area (Å²) < 4.78 is 0. The van der Waals surface area contributed by atoms with Crippen molar-refractivity contribution < 1.29 is 4.79 Å². The summed E-state index contributed by atoms with van der Waals surface area (Å²) in [6.07, 6.45) is 5.77. The van der Waals surface area contributed by atoms with Crippen molar-refractivity contribution in [2.45, 2.75) is 51.7 Å². The highest BCUT2D eigenvalue weighted by molar-refractivity contribution is 5.85. The quantitative estimate of drug-likeness (QED) is 0.877. The molecule has 1 saturated carbocycles. The number of carbonyl (C=O) groups excluding carboxylic acids is 1. The lowest BCUT2D eigenvalue weighted by atomic mass is 9.82. The SMILES string of the molecule is Cl.O=C(CCC1CCC1)NCc1ccc2c(c1)CNC2. The van der Waals surface area contributed by atoms with Gasteiger partial charge >= 0.3 is 0 Å².